The molecule has 5 fully saturated rings. The van der Waals surface area contributed by atoms with E-state index in [0.29, 0.717) is 23.7 Å². The highest BCUT2D eigenvalue weighted by Gasteiger charge is 2.72. The molecule has 5 aliphatic rings. The number of hydrogen-bond donors (Lipinski definition) is 3. The van der Waals surface area contributed by atoms with Crippen molar-refractivity contribution in [1.82, 2.24) is 0 Å². The van der Waals surface area contributed by atoms with Crippen LogP contribution in [0.2, 0.25) is 0 Å². The average molecular weight is 459 g/mol. The van der Waals surface area contributed by atoms with E-state index >= 15 is 0 Å². The van der Waals surface area contributed by atoms with Crippen LogP contribution < -0.4 is 0 Å². The van der Waals surface area contributed by atoms with E-state index in [9.17, 15) is 15.3 Å². The number of allylic oxidation sites excluding steroid dienone is 1. The summed E-state index contributed by atoms with van der Waals surface area (Å²) in [4.78, 5) is 0. The van der Waals surface area contributed by atoms with Crippen LogP contribution in [0.3, 0.4) is 0 Å². The standard InChI is InChI=1S/C30H50O3/c1-18(2)19-8-13-30(17-31)15-14-28(6)20(24(19)30)16-21(32)25-27(5)11-10-23(33)26(3,4)22(27)9-12-29(25,28)7/h19-25,31-33H,1,8-17H2,2-7H3. The van der Waals surface area contributed by atoms with Gasteiger partial charge in [0.05, 0.1) is 12.2 Å². The predicted molar refractivity (Wildman–Crippen MR) is 133 cm³/mol. The summed E-state index contributed by atoms with van der Waals surface area (Å²) in [6.45, 7) is 19.0. The highest BCUT2D eigenvalue weighted by Crippen LogP contribution is 2.77. The molecule has 5 aliphatic carbocycles. The van der Waals surface area contributed by atoms with Crippen LogP contribution >= 0.6 is 0 Å². The van der Waals surface area contributed by atoms with Crippen LogP contribution in [-0.4, -0.2) is 34.1 Å². The van der Waals surface area contributed by atoms with Gasteiger partial charge in [0.2, 0.25) is 0 Å². The fourth-order valence-electron chi connectivity index (χ4n) is 11.6. The normalized spacial score (nSPS) is 57.4. The van der Waals surface area contributed by atoms with Gasteiger partial charge in [0.25, 0.3) is 0 Å². The van der Waals surface area contributed by atoms with Crippen molar-refractivity contribution >= 4 is 0 Å². The van der Waals surface area contributed by atoms with Gasteiger partial charge in [-0.05, 0) is 121 Å². The first kappa shape index (κ1) is 24.3. The first-order valence-electron chi connectivity index (χ1n) is 13.9. The summed E-state index contributed by atoms with van der Waals surface area (Å²) < 4.78 is 0. The lowest BCUT2D eigenvalue weighted by Gasteiger charge is -2.73. The summed E-state index contributed by atoms with van der Waals surface area (Å²) in [6, 6.07) is 0. The largest absolute Gasteiger partial charge is 0.396 e. The van der Waals surface area contributed by atoms with Gasteiger partial charge >= 0.3 is 0 Å². The molecule has 3 heteroatoms. The maximum atomic E-state index is 12.0. The monoisotopic (exact) mass is 458 g/mol. The molecule has 0 aromatic rings. The average Bonchev–Trinajstić information content (AvgIpc) is 3.13. The lowest BCUT2D eigenvalue weighted by atomic mass is 9.31. The molecule has 5 rings (SSSR count). The summed E-state index contributed by atoms with van der Waals surface area (Å²) in [5, 5.41) is 33.6. The fourth-order valence-corrected chi connectivity index (χ4v) is 11.6. The molecule has 11 atom stereocenters. The van der Waals surface area contributed by atoms with E-state index in [1.165, 1.54) is 12.0 Å². The highest BCUT2D eigenvalue weighted by molar-refractivity contribution is 5.22. The minimum absolute atomic E-state index is 0.0226. The molecule has 0 aromatic carbocycles. The Labute approximate surface area is 202 Å². The third-order valence-corrected chi connectivity index (χ3v) is 13.5. The predicted octanol–water partition coefficient (Wildman–Crippen LogP) is 5.97. The van der Waals surface area contributed by atoms with E-state index in [1.54, 1.807) is 0 Å². The molecular weight excluding hydrogens is 408 g/mol. The molecule has 0 bridgehead atoms. The van der Waals surface area contributed by atoms with E-state index in [1.807, 2.05) is 0 Å². The van der Waals surface area contributed by atoms with E-state index in [4.69, 9.17) is 0 Å². The van der Waals surface area contributed by atoms with Crippen molar-refractivity contribution in [3.63, 3.8) is 0 Å². The Bertz CT molecular complexity index is 819. The molecule has 3 nitrogen and oxygen atoms in total. The second kappa shape index (κ2) is 7.32. The molecule has 0 spiro atoms. The first-order chi connectivity index (χ1) is 15.3. The van der Waals surface area contributed by atoms with Crippen molar-refractivity contribution in [1.29, 1.82) is 0 Å². The zero-order valence-electron chi connectivity index (χ0n) is 22.2. The van der Waals surface area contributed by atoms with Gasteiger partial charge in [-0.15, -0.1) is 0 Å². The third kappa shape index (κ3) is 2.85. The molecule has 3 N–H and O–H groups in total. The van der Waals surface area contributed by atoms with Crippen molar-refractivity contribution in [2.75, 3.05) is 6.61 Å². The van der Waals surface area contributed by atoms with Gasteiger partial charge in [-0.25, -0.2) is 0 Å². The number of rotatable bonds is 2. The Morgan fingerprint density at radius 3 is 2.21 bits per heavy atom. The number of hydrogen-bond acceptors (Lipinski definition) is 3. The Morgan fingerprint density at radius 1 is 0.879 bits per heavy atom. The Kier molecular flexibility index (Phi) is 5.40. The van der Waals surface area contributed by atoms with Gasteiger partial charge in [-0.2, -0.15) is 0 Å². The molecule has 188 valence electrons. The van der Waals surface area contributed by atoms with Gasteiger partial charge in [-0.3, -0.25) is 0 Å². The number of aliphatic hydroxyl groups excluding tert-OH is 3. The Hall–Kier alpha value is -0.380. The van der Waals surface area contributed by atoms with Crippen LogP contribution in [0.4, 0.5) is 0 Å². The van der Waals surface area contributed by atoms with Crippen molar-refractivity contribution in [2.45, 2.75) is 112 Å². The smallest absolute Gasteiger partial charge is 0.0594 e. The highest BCUT2D eigenvalue weighted by atomic mass is 16.3. The maximum Gasteiger partial charge on any atom is 0.0594 e. The molecule has 0 radical (unpaired) electrons. The lowest BCUT2D eigenvalue weighted by molar-refractivity contribution is -0.278. The molecule has 5 saturated carbocycles. The molecule has 11 unspecified atom stereocenters. The van der Waals surface area contributed by atoms with Crippen LogP contribution in [0, 0.1) is 56.7 Å². The molecular formula is C30H50O3. The summed E-state index contributed by atoms with van der Waals surface area (Å²) in [5.74, 6) is 2.10. The fraction of sp³-hybridized carbons (Fsp3) is 0.933. The van der Waals surface area contributed by atoms with Crippen molar-refractivity contribution in [3.05, 3.63) is 12.2 Å². The first-order valence-corrected chi connectivity index (χ1v) is 13.9. The van der Waals surface area contributed by atoms with Gasteiger partial charge in [0.1, 0.15) is 0 Å². The minimum Gasteiger partial charge on any atom is -0.396 e. The number of fused-ring (bicyclic) bond motifs is 7. The Morgan fingerprint density at radius 2 is 1.58 bits per heavy atom. The third-order valence-electron chi connectivity index (χ3n) is 13.5. The summed E-state index contributed by atoms with van der Waals surface area (Å²) in [7, 11) is 0. The van der Waals surface area contributed by atoms with E-state index in [2.05, 4.69) is 48.1 Å². The van der Waals surface area contributed by atoms with Crippen molar-refractivity contribution in [3.8, 4) is 0 Å². The summed E-state index contributed by atoms with van der Waals surface area (Å²) >= 11 is 0. The SMILES string of the molecule is C=C(C)C1CCC2(CO)CCC3(C)C(CC(O)C4C5(C)CCC(O)C(C)(C)C5CCC43C)C12. The molecule has 0 heterocycles. The number of aliphatic hydroxyl groups is 3. The molecule has 0 aromatic heterocycles. The van der Waals surface area contributed by atoms with Crippen LogP contribution in [0.15, 0.2) is 12.2 Å². The zero-order chi connectivity index (χ0) is 24.2. The van der Waals surface area contributed by atoms with Gasteiger partial charge in [0, 0.05) is 6.61 Å². The lowest BCUT2D eigenvalue weighted by Crippen LogP contribution is -2.70. The molecule has 33 heavy (non-hydrogen) atoms. The van der Waals surface area contributed by atoms with Crippen LogP contribution in [0.5, 0.6) is 0 Å². The van der Waals surface area contributed by atoms with Gasteiger partial charge < -0.3 is 15.3 Å². The van der Waals surface area contributed by atoms with Crippen LogP contribution in [-0.2, 0) is 0 Å². The quantitative estimate of drug-likeness (QED) is 0.447. The van der Waals surface area contributed by atoms with Crippen molar-refractivity contribution in [2.24, 2.45) is 56.7 Å². The van der Waals surface area contributed by atoms with E-state index in [0.717, 1.165) is 51.4 Å². The van der Waals surface area contributed by atoms with Crippen LogP contribution in [0.25, 0.3) is 0 Å². The molecule has 0 amide bonds. The summed E-state index contributed by atoms with van der Waals surface area (Å²) in [6.07, 6.45) is 9.07. The second-order valence-corrected chi connectivity index (χ2v) is 14.7. The van der Waals surface area contributed by atoms with Crippen LogP contribution in [0.1, 0.15) is 99.3 Å². The topological polar surface area (TPSA) is 60.7 Å². The Balaban J connectivity index is 1.59. The molecule has 0 aliphatic heterocycles. The van der Waals surface area contributed by atoms with E-state index < -0.39 is 0 Å². The zero-order valence-corrected chi connectivity index (χ0v) is 22.2. The summed E-state index contributed by atoms with van der Waals surface area (Å²) in [5.41, 5.74) is 1.53. The molecule has 0 saturated heterocycles. The van der Waals surface area contributed by atoms with Gasteiger partial charge in [-0.1, -0.05) is 46.8 Å². The van der Waals surface area contributed by atoms with Crippen molar-refractivity contribution < 1.29 is 15.3 Å². The maximum absolute atomic E-state index is 12.0. The second-order valence-electron chi connectivity index (χ2n) is 14.7. The van der Waals surface area contributed by atoms with Gasteiger partial charge in [0.15, 0.2) is 0 Å². The minimum atomic E-state index is -0.298. The van der Waals surface area contributed by atoms with E-state index in [-0.39, 0.29) is 51.8 Å².